The van der Waals surface area contributed by atoms with Crippen LogP contribution in [0.15, 0.2) is 47.8 Å². The number of quaternary nitrogens is 1. The monoisotopic (exact) mass is 374 g/mol. The van der Waals surface area contributed by atoms with Crippen LogP contribution in [0.3, 0.4) is 0 Å². The number of thiophene rings is 1. The number of hydrogen-bond donors (Lipinski definition) is 3. The van der Waals surface area contributed by atoms with Gasteiger partial charge >= 0.3 is 0 Å². The summed E-state index contributed by atoms with van der Waals surface area (Å²) in [5.74, 6) is -0.131. The van der Waals surface area contributed by atoms with E-state index in [2.05, 4.69) is 10.6 Å². The molecule has 2 aromatic rings. The van der Waals surface area contributed by atoms with Crippen LogP contribution >= 0.6 is 11.3 Å². The van der Waals surface area contributed by atoms with Crippen molar-refractivity contribution in [1.82, 2.24) is 10.6 Å². The Balaban J connectivity index is 1.96. The molecule has 140 valence electrons. The summed E-state index contributed by atoms with van der Waals surface area (Å²) in [5, 5.41) is 8.04. The highest BCUT2D eigenvalue weighted by Gasteiger charge is 2.22. The molecule has 0 spiro atoms. The van der Waals surface area contributed by atoms with Crippen molar-refractivity contribution in [2.24, 2.45) is 0 Å². The van der Waals surface area contributed by atoms with E-state index in [4.69, 9.17) is 0 Å². The van der Waals surface area contributed by atoms with Gasteiger partial charge in [-0.15, -0.1) is 11.3 Å². The maximum absolute atomic E-state index is 12.5. The van der Waals surface area contributed by atoms with Gasteiger partial charge in [-0.1, -0.05) is 36.4 Å². The highest BCUT2D eigenvalue weighted by molar-refractivity contribution is 7.10. The summed E-state index contributed by atoms with van der Waals surface area (Å²) in [4.78, 5) is 26.5. The van der Waals surface area contributed by atoms with Gasteiger partial charge in [-0.05, 0) is 37.8 Å². The molecule has 1 aromatic heterocycles. The second-order valence-corrected chi connectivity index (χ2v) is 8.51. The first-order valence-corrected chi connectivity index (χ1v) is 9.62. The van der Waals surface area contributed by atoms with Crippen molar-refractivity contribution in [3.05, 3.63) is 58.3 Å². The van der Waals surface area contributed by atoms with Gasteiger partial charge in [-0.2, -0.15) is 0 Å². The minimum absolute atomic E-state index is 0.0549. The Morgan fingerprint density at radius 2 is 1.69 bits per heavy atom. The van der Waals surface area contributed by atoms with Crippen LogP contribution in [0.1, 0.15) is 37.3 Å². The van der Waals surface area contributed by atoms with Crippen LogP contribution < -0.4 is 15.5 Å². The fraction of sp³-hybridized carbons (Fsp3) is 0.400. The smallest absolute Gasteiger partial charge is 0.275 e. The van der Waals surface area contributed by atoms with E-state index < -0.39 is 0 Å². The summed E-state index contributed by atoms with van der Waals surface area (Å²) >= 11 is 1.62. The number of likely N-dealkylation sites (N-methyl/N-ethyl adjacent to an activating group) is 1. The Kier molecular flexibility index (Phi) is 6.94. The summed E-state index contributed by atoms with van der Waals surface area (Å²) < 4.78 is 0. The minimum atomic E-state index is -0.267. The van der Waals surface area contributed by atoms with Gasteiger partial charge in [0.05, 0.1) is 13.1 Å². The lowest BCUT2D eigenvalue weighted by Gasteiger charge is -2.22. The summed E-state index contributed by atoms with van der Waals surface area (Å²) in [6, 6.07) is 13.8. The highest BCUT2D eigenvalue weighted by atomic mass is 32.1. The Morgan fingerprint density at radius 3 is 2.27 bits per heavy atom. The van der Waals surface area contributed by atoms with Crippen molar-refractivity contribution in [1.29, 1.82) is 0 Å². The van der Waals surface area contributed by atoms with Gasteiger partial charge in [0.2, 0.25) is 0 Å². The summed E-state index contributed by atoms with van der Waals surface area (Å²) in [7, 11) is 1.85. The van der Waals surface area contributed by atoms with Gasteiger partial charge in [-0.25, -0.2) is 0 Å². The molecular weight excluding hydrogens is 346 g/mol. The predicted molar refractivity (Wildman–Crippen MR) is 105 cm³/mol. The topological polar surface area (TPSA) is 62.6 Å². The van der Waals surface area contributed by atoms with Crippen LogP contribution in [-0.2, 0) is 9.59 Å². The van der Waals surface area contributed by atoms with Crippen molar-refractivity contribution in [3.63, 3.8) is 0 Å². The number of carbonyl (C=O) groups excluding carboxylic acids is 2. The number of carbonyl (C=O) groups is 2. The summed E-state index contributed by atoms with van der Waals surface area (Å²) in [6.45, 7) is 6.33. The third kappa shape index (κ3) is 6.61. The van der Waals surface area contributed by atoms with Gasteiger partial charge in [0.1, 0.15) is 0 Å². The first kappa shape index (κ1) is 20.1. The molecule has 0 aliphatic carbocycles. The molecule has 5 nitrogen and oxygen atoms in total. The number of hydrogen-bond acceptors (Lipinski definition) is 3. The molecular formula is C20H28N3O2S+. The average molecular weight is 375 g/mol. The second-order valence-electron chi connectivity index (χ2n) is 7.54. The molecule has 26 heavy (non-hydrogen) atoms. The molecule has 0 aliphatic rings. The van der Waals surface area contributed by atoms with Crippen LogP contribution in [0, 0.1) is 0 Å². The molecule has 2 rings (SSSR count). The Bertz CT molecular complexity index is 708. The maximum atomic E-state index is 12.5. The normalized spacial score (nSPS) is 13.7. The third-order valence-corrected chi connectivity index (χ3v) is 4.64. The standard InChI is InChI=1S/C20H27N3O2S/c1-20(2,3)22-18(25)14-23(4)13-17(24)21-19(16-11-8-12-26-16)15-9-6-5-7-10-15/h5-12,19H,13-14H2,1-4H3,(H,21,24)(H,22,25)/p+1/t19-/m1/s1. The zero-order chi connectivity index (χ0) is 19.2. The van der Waals surface area contributed by atoms with Crippen molar-refractivity contribution >= 4 is 23.2 Å². The van der Waals surface area contributed by atoms with Gasteiger partial charge in [0, 0.05) is 10.4 Å². The van der Waals surface area contributed by atoms with Gasteiger partial charge in [0.25, 0.3) is 11.8 Å². The van der Waals surface area contributed by atoms with Gasteiger partial charge in [-0.3, -0.25) is 9.59 Å². The molecule has 1 heterocycles. The molecule has 0 fully saturated rings. The summed E-state index contributed by atoms with van der Waals surface area (Å²) in [5.41, 5.74) is 0.781. The molecule has 3 N–H and O–H groups in total. The lowest BCUT2D eigenvalue weighted by atomic mass is 10.1. The Morgan fingerprint density at radius 1 is 1.04 bits per heavy atom. The molecule has 1 unspecified atom stereocenters. The van der Waals surface area contributed by atoms with Crippen molar-refractivity contribution in [3.8, 4) is 0 Å². The number of rotatable bonds is 7. The van der Waals surface area contributed by atoms with Gasteiger partial charge < -0.3 is 15.5 Å². The van der Waals surface area contributed by atoms with E-state index in [9.17, 15) is 9.59 Å². The largest absolute Gasteiger partial charge is 0.347 e. The average Bonchev–Trinajstić information content (AvgIpc) is 3.05. The fourth-order valence-electron chi connectivity index (χ4n) is 2.70. The van der Waals surface area contributed by atoms with Crippen LogP contribution in [0.2, 0.25) is 0 Å². The molecule has 0 aliphatic heterocycles. The van der Waals surface area contributed by atoms with E-state index >= 15 is 0 Å². The fourth-order valence-corrected chi connectivity index (χ4v) is 3.51. The maximum Gasteiger partial charge on any atom is 0.275 e. The van der Waals surface area contributed by atoms with Crippen molar-refractivity contribution < 1.29 is 14.5 Å². The minimum Gasteiger partial charge on any atom is -0.347 e. The predicted octanol–water partition coefficient (Wildman–Crippen LogP) is 1.38. The van der Waals surface area contributed by atoms with E-state index in [1.165, 1.54) is 0 Å². The second kappa shape index (κ2) is 8.96. The molecule has 2 atom stereocenters. The highest BCUT2D eigenvalue weighted by Crippen LogP contribution is 2.25. The van der Waals surface area contributed by atoms with E-state index in [1.54, 1.807) is 11.3 Å². The van der Waals surface area contributed by atoms with Crippen molar-refractivity contribution in [2.45, 2.75) is 32.4 Å². The number of amides is 2. The van der Waals surface area contributed by atoms with Gasteiger partial charge in [0.15, 0.2) is 13.1 Å². The van der Waals surface area contributed by atoms with Crippen LogP contribution in [0.4, 0.5) is 0 Å². The number of nitrogens with one attached hydrogen (secondary N) is 3. The Labute approximate surface area is 159 Å². The molecule has 0 radical (unpaired) electrons. The van der Waals surface area contributed by atoms with E-state index in [0.29, 0.717) is 0 Å². The van der Waals surface area contributed by atoms with Crippen molar-refractivity contribution in [2.75, 3.05) is 20.1 Å². The quantitative estimate of drug-likeness (QED) is 0.686. The zero-order valence-electron chi connectivity index (χ0n) is 15.8. The SMILES string of the molecule is C[NH+](CC(=O)N[C@H](c1ccccc1)c1cccs1)CC(=O)NC(C)(C)C. The van der Waals surface area contributed by atoms with Crippen LogP contribution in [0.25, 0.3) is 0 Å². The zero-order valence-corrected chi connectivity index (χ0v) is 16.7. The number of benzene rings is 1. The first-order chi connectivity index (χ1) is 12.2. The first-order valence-electron chi connectivity index (χ1n) is 8.74. The lowest BCUT2D eigenvalue weighted by Crippen LogP contribution is -3.11. The van der Waals surface area contributed by atoms with Crippen LogP contribution in [-0.4, -0.2) is 37.5 Å². The van der Waals surface area contributed by atoms with E-state index in [-0.39, 0.29) is 36.5 Å². The summed E-state index contributed by atoms with van der Waals surface area (Å²) in [6.07, 6.45) is 0. The molecule has 0 saturated heterocycles. The molecule has 0 saturated carbocycles. The van der Waals surface area contributed by atoms with E-state index in [1.807, 2.05) is 75.7 Å². The molecule has 0 bridgehead atoms. The van der Waals surface area contributed by atoms with E-state index in [0.717, 1.165) is 15.3 Å². The molecule has 2 amide bonds. The third-order valence-electron chi connectivity index (χ3n) is 3.71. The van der Waals surface area contributed by atoms with Crippen LogP contribution in [0.5, 0.6) is 0 Å². The molecule has 6 heteroatoms. The molecule has 1 aromatic carbocycles. The lowest BCUT2D eigenvalue weighted by molar-refractivity contribution is -0.862. The Hall–Kier alpha value is -2.18.